The van der Waals surface area contributed by atoms with E-state index in [9.17, 15) is 0 Å². The standard InChI is InChI=1S/C8H9N3.2C2H6/c1-6-3-9-5-8-10-4-7(2)11(6)8;2*1-2/h3-5H,1-2H3;2*1-2H3. The number of nitrogens with zero attached hydrogens (tertiary/aromatic N) is 3. The molecular formula is C12H21N3. The fourth-order valence-corrected chi connectivity index (χ4v) is 1.28. The maximum Gasteiger partial charge on any atom is 0.155 e. The fourth-order valence-electron chi connectivity index (χ4n) is 1.28. The van der Waals surface area contributed by atoms with Gasteiger partial charge in [-0.25, -0.2) is 4.98 Å². The molecule has 3 heteroatoms. The van der Waals surface area contributed by atoms with Crippen molar-refractivity contribution in [3.8, 4) is 0 Å². The first kappa shape index (κ1) is 13.6. The van der Waals surface area contributed by atoms with Crippen LogP contribution in [0.25, 0.3) is 5.65 Å². The van der Waals surface area contributed by atoms with Gasteiger partial charge in [0, 0.05) is 23.8 Å². The van der Waals surface area contributed by atoms with E-state index < -0.39 is 0 Å². The smallest absolute Gasteiger partial charge is 0.155 e. The van der Waals surface area contributed by atoms with Gasteiger partial charge in [0.1, 0.15) is 0 Å². The summed E-state index contributed by atoms with van der Waals surface area (Å²) in [6.45, 7) is 12.1. The van der Waals surface area contributed by atoms with Crippen molar-refractivity contribution in [2.45, 2.75) is 41.5 Å². The molecule has 0 fully saturated rings. The predicted molar refractivity (Wildman–Crippen MR) is 65.2 cm³/mol. The van der Waals surface area contributed by atoms with E-state index in [1.807, 2.05) is 53.9 Å². The highest BCUT2D eigenvalue weighted by molar-refractivity contribution is 5.38. The average Bonchev–Trinajstić information content (AvgIpc) is 2.68. The lowest BCUT2D eigenvalue weighted by Gasteiger charge is -1.98. The van der Waals surface area contributed by atoms with Crippen molar-refractivity contribution in [1.82, 2.24) is 14.4 Å². The minimum Gasteiger partial charge on any atom is -0.299 e. The molecule has 2 heterocycles. The van der Waals surface area contributed by atoms with Gasteiger partial charge < -0.3 is 0 Å². The molecule has 0 amide bonds. The van der Waals surface area contributed by atoms with Crippen molar-refractivity contribution in [3.05, 3.63) is 30.0 Å². The zero-order chi connectivity index (χ0) is 11.8. The van der Waals surface area contributed by atoms with Crippen LogP contribution in [0.1, 0.15) is 39.1 Å². The van der Waals surface area contributed by atoms with E-state index in [0.29, 0.717) is 0 Å². The van der Waals surface area contributed by atoms with Crippen LogP contribution in [0, 0.1) is 13.8 Å². The number of aromatic nitrogens is 3. The summed E-state index contributed by atoms with van der Waals surface area (Å²) in [5.41, 5.74) is 3.19. The van der Waals surface area contributed by atoms with Gasteiger partial charge >= 0.3 is 0 Å². The van der Waals surface area contributed by atoms with Gasteiger partial charge in [-0.3, -0.25) is 9.38 Å². The van der Waals surface area contributed by atoms with Crippen LogP contribution in [0.4, 0.5) is 0 Å². The average molecular weight is 207 g/mol. The summed E-state index contributed by atoms with van der Waals surface area (Å²) in [5.74, 6) is 0. The highest BCUT2D eigenvalue weighted by Gasteiger charge is 1.99. The number of hydrogen-bond acceptors (Lipinski definition) is 2. The summed E-state index contributed by atoms with van der Waals surface area (Å²) in [6.07, 6.45) is 5.45. The molecule has 0 aliphatic rings. The third kappa shape index (κ3) is 3.05. The van der Waals surface area contributed by atoms with Crippen molar-refractivity contribution in [1.29, 1.82) is 0 Å². The maximum absolute atomic E-state index is 4.18. The lowest BCUT2D eigenvalue weighted by Crippen LogP contribution is -1.93. The molecule has 0 saturated carbocycles. The molecule has 0 spiro atoms. The summed E-state index contributed by atoms with van der Waals surface area (Å²) < 4.78 is 2.08. The molecule has 0 bridgehead atoms. The van der Waals surface area contributed by atoms with Gasteiger partial charge in [-0.1, -0.05) is 27.7 Å². The minimum absolute atomic E-state index is 0.919. The van der Waals surface area contributed by atoms with Crippen LogP contribution in [0.2, 0.25) is 0 Å². The SMILES string of the molecule is CC.CC.Cc1cncc2ncc(C)n12. The van der Waals surface area contributed by atoms with Crippen molar-refractivity contribution in [3.63, 3.8) is 0 Å². The lowest BCUT2D eigenvalue weighted by molar-refractivity contribution is 1.01. The van der Waals surface area contributed by atoms with E-state index in [4.69, 9.17) is 0 Å². The Bertz CT molecular complexity index is 391. The van der Waals surface area contributed by atoms with E-state index in [2.05, 4.69) is 14.4 Å². The molecule has 0 N–H and O–H groups in total. The Hall–Kier alpha value is -1.38. The van der Waals surface area contributed by atoms with E-state index in [1.165, 1.54) is 0 Å². The molecule has 2 rings (SSSR count). The van der Waals surface area contributed by atoms with Crippen LogP contribution in [0.3, 0.4) is 0 Å². The van der Waals surface area contributed by atoms with Crippen LogP contribution in [-0.2, 0) is 0 Å². The third-order valence-electron chi connectivity index (χ3n) is 1.77. The van der Waals surface area contributed by atoms with Crippen molar-refractivity contribution in [2.75, 3.05) is 0 Å². The Morgan fingerprint density at radius 1 is 0.867 bits per heavy atom. The largest absolute Gasteiger partial charge is 0.299 e. The number of imidazole rings is 1. The third-order valence-corrected chi connectivity index (χ3v) is 1.77. The Morgan fingerprint density at radius 3 is 1.93 bits per heavy atom. The first-order valence-electron chi connectivity index (χ1n) is 5.54. The summed E-state index contributed by atoms with van der Waals surface area (Å²) in [6, 6.07) is 0. The van der Waals surface area contributed by atoms with Gasteiger partial charge in [0.2, 0.25) is 0 Å². The van der Waals surface area contributed by atoms with Gasteiger partial charge in [-0.15, -0.1) is 0 Å². The maximum atomic E-state index is 4.18. The molecule has 84 valence electrons. The van der Waals surface area contributed by atoms with Crippen LogP contribution in [0.5, 0.6) is 0 Å². The molecule has 3 nitrogen and oxygen atoms in total. The van der Waals surface area contributed by atoms with Crippen LogP contribution < -0.4 is 0 Å². The van der Waals surface area contributed by atoms with Crippen molar-refractivity contribution >= 4 is 5.65 Å². The topological polar surface area (TPSA) is 30.2 Å². The molecule has 0 saturated heterocycles. The molecule has 2 aromatic rings. The van der Waals surface area contributed by atoms with Crippen molar-refractivity contribution < 1.29 is 0 Å². The molecule has 0 unspecified atom stereocenters. The van der Waals surface area contributed by atoms with Gasteiger partial charge in [0.05, 0.1) is 6.20 Å². The van der Waals surface area contributed by atoms with E-state index >= 15 is 0 Å². The molecule has 0 aromatic carbocycles. The zero-order valence-corrected chi connectivity index (χ0v) is 10.6. The number of fused-ring (bicyclic) bond motifs is 1. The Kier molecular flexibility index (Phi) is 6.34. The Morgan fingerprint density at radius 2 is 1.40 bits per heavy atom. The first-order valence-corrected chi connectivity index (χ1v) is 5.54. The molecule has 0 radical (unpaired) electrons. The summed E-state index contributed by atoms with van der Waals surface area (Å²) >= 11 is 0. The minimum atomic E-state index is 0.919. The quantitative estimate of drug-likeness (QED) is 0.662. The highest BCUT2D eigenvalue weighted by atomic mass is 15.0. The number of hydrogen-bond donors (Lipinski definition) is 0. The molecule has 0 atom stereocenters. The second kappa shape index (κ2) is 6.98. The van der Waals surface area contributed by atoms with Gasteiger partial charge in [0.25, 0.3) is 0 Å². The molecule has 0 aliphatic heterocycles. The fraction of sp³-hybridized carbons (Fsp3) is 0.500. The molecule has 2 aromatic heterocycles. The van der Waals surface area contributed by atoms with Gasteiger partial charge in [0.15, 0.2) is 5.65 Å². The molecule has 15 heavy (non-hydrogen) atoms. The van der Waals surface area contributed by atoms with Crippen LogP contribution >= 0.6 is 0 Å². The molecular weight excluding hydrogens is 186 g/mol. The van der Waals surface area contributed by atoms with Crippen molar-refractivity contribution in [2.24, 2.45) is 0 Å². The van der Waals surface area contributed by atoms with E-state index in [-0.39, 0.29) is 0 Å². The Labute approximate surface area is 92.2 Å². The van der Waals surface area contributed by atoms with Crippen LogP contribution in [-0.4, -0.2) is 14.4 Å². The summed E-state index contributed by atoms with van der Waals surface area (Å²) in [5, 5.41) is 0. The second-order valence-corrected chi connectivity index (χ2v) is 2.64. The first-order chi connectivity index (χ1) is 7.29. The summed E-state index contributed by atoms with van der Waals surface area (Å²) in [4.78, 5) is 8.22. The lowest BCUT2D eigenvalue weighted by atomic mass is 10.4. The van der Waals surface area contributed by atoms with Crippen LogP contribution in [0.15, 0.2) is 18.6 Å². The monoisotopic (exact) mass is 207 g/mol. The normalized spacial score (nSPS) is 8.67. The van der Waals surface area contributed by atoms with E-state index in [1.54, 1.807) is 6.20 Å². The number of rotatable bonds is 0. The van der Waals surface area contributed by atoms with E-state index in [0.717, 1.165) is 17.0 Å². The predicted octanol–water partition coefficient (Wildman–Crippen LogP) is 3.40. The highest BCUT2D eigenvalue weighted by Crippen LogP contribution is 2.06. The zero-order valence-electron chi connectivity index (χ0n) is 10.6. The van der Waals surface area contributed by atoms with Gasteiger partial charge in [-0.05, 0) is 13.8 Å². The van der Waals surface area contributed by atoms with Gasteiger partial charge in [-0.2, -0.15) is 0 Å². The summed E-state index contributed by atoms with van der Waals surface area (Å²) in [7, 11) is 0. The second-order valence-electron chi connectivity index (χ2n) is 2.64. The Balaban J connectivity index is 0.000000442. The molecule has 0 aliphatic carbocycles. The number of aryl methyl sites for hydroxylation is 2.